The average Bonchev–Trinajstić information content (AvgIpc) is 3.02. The maximum absolute atomic E-state index is 5.93. The fourth-order valence-electron chi connectivity index (χ4n) is 2.79. The molecular formula is C18H27N3O4. The summed E-state index contributed by atoms with van der Waals surface area (Å²) < 4.78 is 22.4. The molecule has 1 unspecified atom stereocenters. The summed E-state index contributed by atoms with van der Waals surface area (Å²) in [6, 6.07) is 5.67. The lowest BCUT2D eigenvalue weighted by molar-refractivity contribution is 0.0171. The number of hydrogen-bond acceptors (Lipinski definition) is 5. The van der Waals surface area contributed by atoms with Crippen molar-refractivity contribution in [1.82, 2.24) is 0 Å². The fourth-order valence-corrected chi connectivity index (χ4v) is 2.79. The highest BCUT2D eigenvalue weighted by Gasteiger charge is 2.15. The average molecular weight is 349 g/mol. The van der Waals surface area contributed by atoms with Gasteiger partial charge in [0.05, 0.1) is 25.9 Å². The van der Waals surface area contributed by atoms with Gasteiger partial charge in [-0.3, -0.25) is 4.99 Å². The van der Waals surface area contributed by atoms with Crippen molar-refractivity contribution in [2.24, 2.45) is 10.7 Å². The first-order chi connectivity index (χ1) is 12.3. The van der Waals surface area contributed by atoms with E-state index in [0.29, 0.717) is 38.9 Å². The molecular weight excluding hydrogens is 322 g/mol. The summed E-state index contributed by atoms with van der Waals surface area (Å²) >= 11 is 0. The summed E-state index contributed by atoms with van der Waals surface area (Å²) in [5, 5.41) is 3.08. The molecule has 1 atom stereocenters. The van der Waals surface area contributed by atoms with E-state index in [1.54, 1.807) is 0 Å². The summed E-state index contributed by atoms with van der Waals surface area (Å²) in [5.74, 6) is 1.88. The van der Waals surface area contributed by atoms with Gasteiger partial charge in [0.1, 0.15) is 0 Å². The molecule has 0 bridgehead atoms. The van der Waals surface area contributed by atoms with E-state index >= 15 is 0 Å². The number of nitrogens with two attached hydrogens (primary N) is 1. The molecule has 2 aliphatic heterocycles. The van der Waals surface area contributed by atoms with Gasteiger partial charge in [0.15, 0.2) is 17.5 Å². The third-order valence-corrected chi connectivity index (χ3v) is 4.08. The Bertz CT molecular complexity index is 573. The van der Waals surface area contributed by atoms with Crippen LogP contribution in [0.1, 0.15) is 25.7 Å². The second-order valence-corrected chi connectivity index (χ2v) is 6.17. The highest BCUT2D eigenvalue weighted by molar-refractivity contribution is 5.92. The predicted molar refractivity (Wildman–Crippen MR) is 96.6 cm³/mol. The number of aliphatic imine (C=N–C) groups is 1. The summed E-state index contributed by atoms with van der Waals surface area (Å²) in [5.41, 5.74) is 6.77. The van der Waals surface area contributed by atoms with Gasteiger partial charge < -0.3 is 30.0 Å². The maximum atomic E-state index is 5.93. The SMILES string of the molecule is NC(=NCCCOCC1CCCO1)Nc1ccc2c(c1)OCCCO2. The topological polar surface area (TPSA) is 87.3 Å². The Morgan fingerprint density at radius 3 is 2.92 bits per heavy atom. The number of guanidine groups is 1. The third-order valence-electron chi connectivity index (χ3n) is 4.08. The number of ether oxygens (including phenoxy) is 4. The van der Waals surface area contributed by atoms with Crippen LogP contribution in [-0.4, -0.2) is 51.6 Å². The van der Waals surface area contributed by atoms with Gasteiger partial charge in [-0.25, -0.2) is 0 Å². The van der Waals surface area contributed by atoms with Crippen molar-refractivity contribution in [2.45, 2.75) is 31.8 Å². The van der Waals surface area contributed by atoms with E-state index in [4.69, 9.17) is 24.7 Å². The molecule has 1 aromatic carbocycles. The zero-order chi connectivity index (χ0) is 17.3. The van der Waals surface area contributed by atoms with Gasteiger partial charge in [-0.15, -0.1) is 0 Å². The normalized spacial score (nSPS) is 20.3. The van der Waals surface area contributed by atoms with Gasteiger partial charge in [0, 0.05) is 37.9 Å². The van der Waals surface area contributed by atoms with Crippen LogP contribution >= 0.6 is 0 Å². The second-order valence-electron chi connectivity index (χ2n) is 6.17. The highest BCUT2D eigenvalue weighted by atomic mass is 16.5. The molecule has 3 rings (SSSR count). The van der Waals surface area contributed by atoms with Gasteiger partial charge in [0.25, 0.3) is 0 Å². The van der Waals surface area contributed by atoms with Crippen molar-refractivity contribution >= 4 is 11.6 Å². The quantitative estimate of drug-likeness (QED) is 0.446. The third kappa shape index (κ3) is 5.79. The van der Waals surface area contributed by atoms with E-state index in [9.17, 15) is 0 Å². The molecule has 0 spiro atoms. The minimum absolute atomic E-state index is 0.273. The van der Waals surface area contributed by atoms with Gasteiger partial charge in [0.2, 0.25) is 0 Å². The Hall–Kier alpha value is -1.99. The van der Waals surface area contributed by atoms with E-state index in [1.165, 1.54) is 0 Å². The molecule has 7 heteroatoms. The molecule has 25 heavy (non-hydrogen) atoms. The monoisotopic (exact) mass is 349 g/mol. The van der Waals surface area contributed by atoms with E-state index < -0.39 is 0 Å². The minimum atomic E-state index is 0.273. The number of nitrogens with one attached hydrogen (secondary N) is 1. The summed E-state index contributed by atoms with van der Waals surface area (Å²) in [4.78, 5) is 4.32. The van der Waals surface area contributed by atoms with Crippen LogP contribution in [0.25, 0.3) is 0 Å². The standard InChI is InChI=1S/C18H27N3O4/c19-18(20-7-2-8-22-13-15-4-1-9-23-15)21-14-5-6-16-17(12-14)25-11-3-10-24-16/h5-6,12,15H,1-4,7-11,13H2,(H3,19,20,21). The highest BCUT2D eigenvalue weighted by Crippen LogP contribution is 2.32. The number of rotatable bonds is 7. The molecule has 1 saturated heterocycles. The predicted octanol–water partition coefficient (Wildman–Crippen LogP) is 2.16. The molecule has 2 aliphatic rings. The van der Waals surface area contributed by atoms with Gasteiger partial charge >= 0.3 is 0 Å². The van der Waals surface area contributed by atoms with E-state index in [1.807, 2.05) is 18.2 Å². The molecule has 2 heterocycles. The maximum Gasteiger partial charge on any atom is 0.193 e. The summed E-state index contributed by atoms with van der Waals surface area (Å²) in [6.45, 7) is 4.16. The zero-order valence-corrected chi connectivity index (χ0v) is 14.5. The smallest absolute Gasteiger partial charge is 0.193 e. The molecule has 7 nitrogen and oxygen atoms in total. The lowest BCUT2D eigenvalue weighted by Crippen LogP contribution is -2.23. The van der Waals surface area contributed by atoms with Crippen molar-refractivity contribution in [1.29, 1.82) is 0 Å². The summed E-state index contributed by atoms with van der Waals surface area (Å²) in [7, 11) is 0. The first kappa shape index (κ1) is 17.8. The van der Waals surface area contributed by atoms with Crippen molar-refractivity contribution in [3.63, 3.8) is 0 Å². The Balaban J connectivity index is 1.37. The number of anilines is 1. The van der Waals surface area contributed by atoms with Crippen LogP contribution in [0.4, 0.5) is 5.69 Å². The van der Waals surface area contributed by atoms with Crippen LogP contribution in [0.3, 0.4) is 0 Å². The van der Waals surface area contributed by atoms with Crippen LogP contribution in [0, 0.1) is 0 Å². The van der Waals surface area contributed by atoms with E-state index in [-0.39, 0.29) is 6.10 Å². The second kappa shape index (κ2) is 9.48. The molecule has 1 fully saturated rings. The van der Waals surface area contributed by atoms with Crippen LogP contribution in [-0.2, 0) is 9.47 Å². The van der Waals surface area contributed by atoms with Gasteiger partial charge in [-0.05, 0) is 31.4 Å². The van der Waals surface area contributed by atoms with Gasteiger partial charge in [-0.2, -0.15) is 0 Å². The van der Waals surface area contributed by atoms with E-state index in [2.05, 4.69) is 10.3 Å². The first-order valence-corrected chi connectivity index (χ1v) is 8.97. The molecule has 0 aromatic heterocycles. The Labute approximate surface area is 148 Å². The Morgan fingerprint density at radius 1 is 1.20 bits per heavy atom. The van der Waals surface area contributed by atoms with Gasteiger partial charge in [-0.1, -0.05) is 0 Å². The lowest BCUT2D eigenvalue weighted by Gasteiger charge is -2.11. The number of hydrogen-bond donors (Lipinski definition) is 2. The van der Waals surface area contributed by atoms with Crippen LogP contribution in [0.15, 0.2) is 23.2 Å². The van der Waals surface area contributed by atoms with Crippen LogP contribution in [0.5, 0.6) is 11.5 Å². The minimum Gasteiger partial charge on any atom is -0.490 e. The van der Waals surface area contributed by atoms with Crippen LogP contribution < -0.4 is 20.5 Å². The Kier molecular flexibility index (Phi) is 6.76. The first-order valence-electron chi connectivity index (χ1n) is 8.97. The molecule has 0 amide bonds. The van der Waals surface area contributed by atoms with Crippen LogP contribution in [0.2, 0.25) is 0 Å². The molecule has 1 aromatic rings. The molecule has 138 valence electrons. The van der Waals surface area contributed by atoms with Crippen molar-refractivity contribution in [3.8, 4) is 11.5 Å². The lowest BCUT2D eigenvalue weighted by atomic mass is 10.2. The fraction of sp³-hybridized carbons (Fsp3) is 0.611. The number of nitrogens with zero attached hydrogens (tertiary/aromatic N) is 1. The van der Waals surface area contributed by atoms with E-state index in [0.717, 1.165) is 49.5 Å². The van der Waals surface area contributed by atoms with Crippen molar-refractivity contribution < 1.29 is 18.9 Å². The molecule has 0 aliphatic carbocycles. The molecule has 3 N–H and O–H groups in total. The number of fused-ring (bicyclic) bond motifs is 1. The molecule has 0 saturated carbocycles. The Morgan fingerprint density at radius 2 is 2.08 bits per heavy atom. The summed E-state index contributed by atoms with van der Waals surface area (Å²) in [6.07, 6.45) is 4.23. The number of benzene rings is 1. The van der Waals surface area contributed by atoms with Crippen molar-refractivity contribution in [2.75, 3.05) is 44.9 Å². The zero-order valence-electron chi connectivity index (χ0n) is 14.5. The van der Waals surface area contributed by atoms with Crippen molar-refractivity contribution in [3.05, 3.63) is 18.2 Å². The molecule has 0 radical (unpaired) electrons. The largest absolute Gasteiger partial charge is 0.490 e.